The van der Waals surface area contributed by atoms with Gasteiger partial charge in [0.1, 0.15) is 11.5 Å². The van der Waals surface area contributed by atoms with Gasteiger partial charge in [-0.2, -0.15) is 0 Å². The van der Waals surface area contributed by atoms with E-state index in [0.29, 0.717) is 11.4 Å². The summed E-state index contributed by atoms with van der Waals surface area (Å²) >= 11 is 6.00. The lowest BCUT2D eigenvalue weighted by Gasteiger charge is -2.32. The van der Waals surface area contributed by atoms with Crippen LogP contribution in [0.3, 0.4) is 0 Å². The number of hydrogen-bond donors (Lipinski definition) is 1. The van der Waals surface area contributed by atoms with E-state index in [0.717, 1.165) is 37.2 Å². The van der Waals surface area contributed by atoms with Gasteiger partial charge in [-0.15, -0.1) is 0 Å². The highest BCUT2D eigenvalue weighted by Crippen LogP contribution is 2.30. The quantitative estimate of drug-likeness (QED) is 0.922. The Morgan fingerprint density at radius 3 is 2.95 bits per heavy atom. The lowest BCUT2D eigenvalue weighted by molar-refractivity contribution is -0.128. The molecule has 104 valence electrons. The monoisotopic (exact) mass is 281 g/mol. The summed E-state index contributed by atoms with van der Waals surface area (Å²) in [6.45, 7) is 3.80. The van der Waals surface area contributed by atoms with Crippen molar-refractivity contribution in [2.24, 2.45) is 5.41 Å². The molecule has 0 spiro atoms. The average molecular weight is 282 g/mol. The largest absolute Gasteiger partial charge is 0.496 e. The zero-order valence-electron chi connectivity index (χ0n) is 11.5. The van der Waals surface area contributed by atoms with E-state index >= 15 is 0 Å². The SMILES string of the molecule is COc1ccc(Cl)cc1CC(=O)C1(C)CCCNC1. The zero-order chi connectivity index (χ0) is 13.9. The second-order valence-corrected chi connectivity index (χ2v) is 5.83. The van der Waals surface area contributed by atoms with Crippen LogP contribution in [0.4, 0.5) is 0 Å². The van der Waals surface area contributed by atoms with Gasteiger partial charge < -0.3 is 10.1 Å². The van der Waals surface area contributed by atoms with E-state index in [1.807, 2.05) is 19.1 Å². The molecule has 0 saturated carbocycles. The Bertz CT molecular complexity index is 467. The number of methoxy groups -OCH3 is 1. The number of carbonyl (C=O) groups is 1. The minimum atomic E-state index is -0.272. The maximum atomic E-state index is 12.5. The first kappa shape index (κ1) is 14.4. The van der Waals surface area contributed by atoms with Gasteiger partial charge in [0.2, 0.25) is 0 Å². The summed E-state index contributed by atoms with van der Waals surface area (Å²) in [6.07, 6.45) is 2.37. The molecule has 3 nitrogen and oxygen atoms in total. The molecule has 1 N–H and O–H groups in total. The van der Waals surface area contributed by atoms with Gasteiger partial charge in [0.15, 0.2) is 0 Å². The van der Waals surface area contributed by atoms with Crippen LogP contribution in [0.25, 0.3) is 0 Å². The van der Waals surface area contributed by atoms with Crippen molar-refractivity contribution in [3.8, 4) is 5.75 Å². The van der Waals surface area contributed by atoms with Crippen LogP contribution in [0.1, 0.15) is 25.3 Å². The van der Waals surface area contributed by atoms with E-state index in [1.165, 1.54) is 0 Å². The number of halogens is 1. The van der Waals surface area contributed by atoms with Gasteiger partial charge >= 0.3 is 0 Å². The Hall–Kier alpha value is -1.06. The molecule has 4 heteroatoms. The summed E-state index contributed by atoms with van der Waals surface area (Å²) in [7, 11) is 1.61. The van der Waals surface area contributed by atoms with Crippen molar-refractivity contribution < 1.29 is 9.53 Å². The van der Waals surface area contributed by atoms with Crippen LogP contribution in [-0.4, -0.2) is 26.0 Å². The first-order valence-electron chi connectivity index (χ1n) is 6.61. The molecule has 1 fully saturated rings. The highest BCUT2D eigenvalue weighted by molar-refractivity contribution is 6.30. The van der Waals surface area contributed by atoms with Crippen molar-refractivity contribution in [2.75, 3.05) is 20.2 Å². The summed E-state index contributed by atoms with van der Waals surface area (Å²) in [5, 5.41) is 3.94. The number of rotatable bonds is 4. The lowest BCUT2D eigenvalue weighted by Crippen LogP contribution is -2.44. The fourth-order valence-electron chi connectivity index (χ4n) is 2.57. The smallest absolute Gasteiger partial charge is 0.144 e. The molecule has 1 aromatic carbocycles. The van der Waals surface area contributed by atoms with E-state index in [4.69, 9.17) is 16.3 Å². The maximum Gasteiger partial charge on any atom is 0.144 e. The number of carbonyl (C=O) groups excluding carboxylic acids is 1. The molecule has 0 amide bonds. The minimum absolute atomic E-state index is 0.250. The zero-order valence-corrected chi connectivity index (χ0v) is 12.2. The molecule has 1 heterocycles. The fourth-order valence-corrected chi connectivity index (χ4v) is 2.76. The van der Waals surface area contributed by atoms with Crippen LogP contribution in [0, 0.1) is 5.41 Å². The topological polar surface area (TPSA) is 38.3 Å². The molecule has 1 aliphatic rings. The third kappa shape index (κ3) is 3.28. The van der Waals surface area contributed by atoms with E-state index in [2.05, 4.69) is 5.32 Å². The normalized spacial score (nSPS) is 23.1. The number of Topliss-reactive ketones (excluding diaryl/α,β-unsaturated/α-hetero) is 1. The number of ketones is 1. The van der Waals surface area contributed by atoms with Crippen LogP contribution in [0.5, 0.6) is 5.75 Å². The molecule has 1 saturated heterocycles. The summed E-state index contributed by atoms with van der Waals surface area (Å²) < 4.78 is 5.29. The molecule has 1 aromatic rings. The number of piperidine rings is 1. The fraction of sp³-hybridized carbons (Fsp3) is 0.533. The highest BCUT2D eigenvalue weighted by atomic mass is 35.5. The molecule has 19 heavy (non-hydrogen) atoms. The van der Waals surface area contributed by atoms with Crippen LogP contribution in [-0.2, 0) is 11.2 Å². The van der Waals surface area contributed by atoms with Gasteiger partial charge in [-0.05, 0) is 37.6 Å². The third-order valence-corrected chi connectivity index (χ3v) is 4.10. The van der Waals surface area contributed by atoms with Crippen LogP contribution in [0.2, 0.25) is 5.02 Å². The van der Waals surface area contributed by atoms with Gasteiger partial charge in [-0.1, -0.05) is 18.5 Å². The lowest BCUT2D eigenvalue weighted by atomic mass is 9.77. The molecule has 1 atom stereocenters. The predicted octanol–water partition coefficient (Wildman–Crippen LogP) is 2.85. The molecule has 0 aromatic heterocycles. The molecule has 0 bridgehead atoms. The molecule has 2 rings (SSSR count). The van der Waals surface area contributed by atoms with Crippen molar-refractivity contribution in [3.05, 3.63) is 28.8 Å². The Morgan fingerprint density at radius 2 is 2.32 bits per heavy atom. The average Bonchev–Trinajstić information content (AvgIpc) is 2.40. The van der Waals surface area contributed by atoms with Crippen molar-refractivity contribution in [2.45, 2.75) is 26.2 Å². The summed E-state index contributed by atoms with van der Waals surface area (Å²) in [6, 6.07) is 5.41. The standard InChI is InChI=1S/C15H20ClNO2/c1-15(6-3-7-17-10-15)14(18)9-11-8-12(16)4-5-13(11)19-2/h4-5,8,17H,3,6-7,9-10H2,1-2H3. The Labute approximate surface area is 119 Å². The Morgan fingerprint density at radius 1 is 1.53 bits per heavy atom. The Kier molecular flexibility index (Phi) is 4.48. The van der Waals surface area contributed by atoms with Crippen LogP contribution < -0.4 is 10.1 Å². The van der Waals surface area contributed by atoms with Gasteiger partial charge in [0.05, 0.1) is 7.11 Å². The second-order valence-electron chi connectivity index (χ2n) is 5.40. The summed E-state index contributed by atoms with van der Waals surface area (Å²) in [4.78, 5) is 12.5. The van der Waals surface area contributed by atoms with E-state index in [1.54, 1.807) is 13.2 Å². The van der Waals surface area contributed by atoms with Crippen molar-refractivity contribution in [1.29, 1.82) is 0 Å². The Balaban J connectivity index is 2.16. The molecule has 1 aliphatic heterocycles. The van der Waals surface area contributed by atoms with Crippen molar-refractivity contribution >= 4 is 17.4 Å². The highest BCUT2D eigenvalue weighted by Gasteiger charge is 2.34. The van der Waals surface area contributed by atoms with Gasteiger partial charge in [0.25, 0.3) is 0 Å². The first-order valence-corrected chi connectivity index (χ1v) is 6.99. The molecule has 0 aliphatic carbocycles. The van der Waals surface area contributed by atoms with Gasteiger partial charge in [-0.25, -0.2) is 0 Å². The first-order chi connectivity index (χ1) is 9.05. The number of ether oxygens (including phenoxy) is 1. The van der Waals surface area contributed by atoms with Crippen molar-refractivity contribution in [1.82, 2.24) is 5.32 Å². The molecule has 1 unspecified atom stereocenters. The maximum absolute atomic E-state index is 12.5. The number of benzene rings is 1. The minimum Gasteiger partial charge on any atom is -0.496 e. The number of nitrogens with one attached hydrogen (secondary N) is 1. The molecule has 0 radical (unpaired) electrons. The molecular formula is C15H20ClNO2. The molecular weight excluding hydrogens is 262 g/mol. The van der Waals surface area contributed by atoms with Crippen LogP contribution in [0.15, 0.2) is 18.2 Å². The van der Waals surface area contributed by atoms with Crippen LogP contribution >= 0.6 is 11.6 Å². The predicted molar refractivity (Wildman–Crippen MR) is 76.9 cm³/mol. The van der Waals surface area contributed by atoms with Crippen molar-refractivity contribution in [3.63, 3.8) is 0 Å². The third-order valence-electron chi connectivity index (χ3n) is 3.86. The van der Waals surface area contributed by atoms with E-state index < -0.39 is 0 Å². The van der Waals surface area contributed by atoms with Gasteiger partial charge in [-0.3, -0.25) is 4.79 Å². The summed E-state index contributed by atoms with van der Waals surface area (Å²) in [5.41, 5.74) is 0.595. The van der Waals surface area contributed by atoms with E-state index in [-0.39, 0.29) is 11.2 Å². The number of hydrogen-bond acceptors (Lipinski definition) is 3. The summed E-state index contributed by atoms with van der Waals surface area (Å²) in [5.74, 6) is 0.977. The van der Waals surface area contributed by atoms with E-state index in [9.17, 15) is 4.79 Å². The second kappa shape index (κ2) is 5.93. The van der Waals surface area contributed by atoms with Gasteiger partial charge in [0, 0.05) is 29.0 Å².